The largest absolute Gasteiger partial charge is 0.501 e. The maximum Gasteiger partial charge on any atom is 0.501 e. The average Bonchev–Trinajstić information content (AvgIpc) is 3.28. The summed E-state index contributed by atoms with van der Waals surface area (Å²) in [6, 6.07) is 4.28. The lowest BCUT2D eigenvalue weighted by molar-refractivity contribution is 0.00578. The summed E-state index contributed by atoms with van der Waals surface area (Å²) >= 11 is 3.54. The SMILES string of the molecule is CC1(C)OB(C2=CCC(B3OC(C)(C)C(C)(C)O3)(c3cccs3)S2)OC1(C)C. The summed E-state index contributed by atoms with van der Waals surface area (Å²) in [4.78, 5) is 2.38. The average molecular weight is 420 g/mol. The van der Waals surface area contributed by atoms with Gasteiger partial charge in [-0.15, -0.1) is 23.1 Å². The van der Waals surface area contributed by atoms with Gasteiger partial charge in [-0.2, -0.15) is 0 Å². The Kier molecular flexibility index (Phi) is 4.79. The molecule has 0 radical (unpaired) electrons. The molecule has 3 aliphatic rings. The lowest BCUT2D eigenvalue weighted by atomic mass is 9.67. The van der Waals surface area contributed by atoms with Gasteiger partial charge in [0.1, 0.15) is 0 Å². The van der Waals surface area contributed by atoms with Crippen LogP contribution in [0.2, 0.25) is 0 Å². The third-order valence-corrected chi connectivity index (χ3v) is 9.68. The zero-order valence-corrected chi connectivity index (χ0v) is 19.8. The fourth-order valence-electron chi connectivity index (χ4n) is 3.61. The number of thioether (sulfide) groups is 1. The van der Waals surface area contributed by atoms with Crippen molar-refractivity contribution in [2.24, 2.45) is 0 Å². The minimum atomic E-state index is -0.365. The van der Waals surface area contributed by atoms with Crippen LogP contribution in [0.3, 0.4) is 0 Å². The van der Waals surface area contributed by atoms with Gasteiger partial charge in [-0.1, -0.05) is 12.1 Å². The summed E-state index contributed by atoms with van der Waals surface area (Å²) in [5.74, 6) is 0. The maximum absolute atomic E-state index is 6.52. The Bertz CT molecular complexity index is 756. The molecule has 152 valence electrons. The van der Waals surface area contributed by atoms with Gasteiger partial charge >= 0.3 is 14.2 Å². The standard InChI is InChI=1S/C20H30B2O4S2/c1-16(2)17(3,4)24-21(23-16)15-11-12-20(28-15,14-10-9-13-27-14)22-25-18(5,6)19(7,8)26-22/h9-11,13H,12H2,1-8H3. The summed E-state index contributed by atoms with van der Waals surface area (Å²) in [7, 11) is -0.684. The molecule has 2 saturated heterocycles. The van der Waals surface area contributed by atoms with Crippen LogP contribution in [0.25, 0.3) is 0 Å². The van der Waals surface area contributed by atoms with E-state index in [1.54, 1.807) is 23.1 Å². The second-order valence-corrected chi connectivity index (χ2v) is 12.3. The highest BCUT2D eigenvalue weighted by Gasteiger charge is 2.64. The van der Waals surface area contributed by atoms with Crippen LogP contribution in [0.5, 0.6) is 0 Å². The van der Waals surface area contributed by atoms with Crippen LogP contribution in [0.4, 0.5) is 0 Å². The molecular weight excluding hydrogens is 390 g/mol. The Morgan fingerprint density at radius 1 is 0.821 bits per heavy atom. The van der Waals surface area contributed by atoms with E-state index in [2.05, 4.69) is 79.0 Å². The van der Waals surface area contributed by atoms with Crippen LogP contribution in [0.15, 0.2) is 28.4 Å². The molecule has 0 bridgehead atoms. The lowest BCUT2D eigenvalue weighted by Crippen LogP contribution is -2.41. The fraction of sp³-hybridized carbons (Fsp3) is 0.700. The van der Waals surface area contributed by atoms with Crippen LogP contribution in [-0.4, -0.2) is 36.6 Å². The summed E-state index contributed by atoms with van der Waals surface area (Å²) in [6.45, 7) is 16.8. The van der Waals surface area contributed by atoms with Crippen molar-refractivity contribution in [2.75, 3.05) is 0 Å². The third kappa shape index (κ3) is 3.07. The minimum Gasteiger partial charge on any atom is -0.402 e. The quantitative estimate of drug-likeness (QED) is 0.627. The molecule has 0 aromatic carbocycles. The predicted molar refractivity (Wildman–Crippen MR) is 118 cm³/mol. The van der Waals surface area contributed by atoms with Gasteiger partial charge in [-0.3, -0.25) is 0 Å². The van der Waals surface area contributed by atoms with Gasteiger partial charge in [-0.05, 0) is 73.3 Å². The highest BCUT2D eigenvalue weighted by Crippen LogP contribution is 2.58. The molecule has 2 fully saturated rings. The highest BCUT2D eigenvalue weighted by molar-refractivity contribution is 8.07. The van der Waals surface area contributed by atoms with Crippen molar-refractivity contribution in [3.8, 4) is 0 Å². The molecule has 0 aliphatic carbocycles. The molecule has 0 saturated carbocycles. The van der Waals surface area contributed by atoms with Crippen molar-refractivity contribution in [2.45, 2.75) is 88.9 Å². The second-order valence-electron chi connectivity index (χ2n) is 9.96. The molecule has 1 aromatic heterocycles. The number of hydrogen-bond acceptors (Lipinski definition) is 6. The normalized spacial score (nSPS) is 32.8. The maximum atomic E-state index is 6.52. The Balaban J connectivity index is 1.63. The summed E-state index contributed by atoms with van der Waals surface area (Å²) in [5.41, 5.74) is -1.43. The van der Waals surface area contributed by atoms with Gasteiger partial charge in [-0.25, -0.2) is 0 Å². The van der Waals surface area contributed by atoms with Crippen LogP contribution >= 0.6 is 23.1 Å². The molecule has 1 aromatic rings. The van der Waals surface area contributed by atoms with Crippen molar-refractivity contribution in [3.63, 3.8) is 0 Å². The van der Waals surface area contributed by atoms with E-state index in [1.807, 2.05) is 0 Å². The molecular formula is C20H30B2O4S2. The monoisotopic (exact) mass is 420 g/mol. The number of rotatable bonds is 3. The zero-order valence-electron chi connectivity index (χ0n) is 18.1. The smallest absolute Gasteiger partial charge is 0.402 e. The van der Waals surface area contributed by atoms with Crippen molar-refractivity contribution < 1.29 is 18.6 Å². The summed E-state index contributed by atoms with van der Waals surface area (Å²) in [6.07, 6.45) is 3.08. The molecule has 0 spiro atoms. The lowest BCUT2D eigenvalue weighted by Gasteiger charge is -2.32. The van der Waals surface area contributed by atoms with E-state index >= 15 is 0 Å². The second kappa shape index (κ2) is 6.38. The number of allylic oxidation sites excluding steroid dienone is 1. The Morgan fingerprint density at radius 2 is 1.36 bits per heavy atom. The van der Waals surface area contributed by atoms with E-state index < -0.39 is 0 Å². The first-order chi connectivity index (χ1) is 12.8. The van der Waals surface area contributed by atoms with Crippen molar-refractivity contribution in [1.82, 2.24) is 0 Å². The Morgan fingerprint density at radius 3 is 1.86 bits per heavy atom. The molecule has 28 heavy (non-hydrogen) atoms. The molecule has 4 heterocycles. The minimum absolute atomic E-state index is 0.321. The Labute approximate surface area is 178 Å². The van der Waals surface area contributed by atoms with E-state index in [-0.39, 0.29) is 41.3 Å². The van der Waals surface area contributed by atoms with Gasteiger partial charge in [0.2, 0.25) is 0 Å². The van der Waals surface area contributed by atoms with Crippen molar-refractivity contribution >= 4 is 37.3 Å². The van der Waals surface area contributed by atoms with Crippen LogP contribution in [0, 0.1) is 0 Å². The molecule has 1 unspecified atom stereocenters. The highest BCUT2D eigenvalue weighted by atomic mass is 32.2. The fourth-order valence-corrected chi connectivity index (χ4v) is 6.03. The van der Waals surface area contributed by atoms with Gasteiger partial charge in [0, 0.05) is 9.68 Å². The summed E-state index contributed by atoms with van der Waals surface area (Å²) in [5, 5.41) is 2.12. The number of thiophene rings is 1. The van der Waals surface area contributed by atoms with E-state index in [0.29, 0.717) is 0 Å². The predicted octanol–water partition coefficient (Wildman–Crippen LogP) is 5.23. The topological polar surface area (TPSA) is 36.9 Å². The number of hydrogen-bond donors (Lipinski definition) is 0. The zero-order chi connectivity index (χ0) is 20.6. The first-order valence-electron chi connectivity index (χ1n) is 9.94. The van der Waals surface area contributed by atoms with E-state index in [1.165, 1.54) is 4.88 Å². The summed E-state index contributed by atoms with van der Waals surface area (Å²) < 4.78 is 25.3. The first kappa shape index (κ1) is 21.0. The third-order valence-electron chi connectivity index (χ3n) is 6.96. The van der Waals surface area contributed by atoms with Crippen LogP contribution in [0.1, 0.15) is 66.7 Å². The first-order valence-corrected chi connectivity index (χ1v) is 11.6. The van der Waals surface area contributed by atoms with Crippen molar-refractivity contribution in [1.29, 1.82) is 0 Å². The van der Waals surface area contributed by atoms with Crippen molar-refractivity contribution in [3.05, 3.63) is 33.3 Å². The van der Waals surface area contributed by atoms with Crippen LogP contribution < -0.4 is 0 Å². The Hall–Kier alpha value is -0.240. The van der Waals surface area contributed by atoms with E-state index in [0.717, 1.165) is 11.2 Å². The molecule has 4 nitrogen and oxygen atoms in total. The van der Waals surface area contributed by atoms with Gasteiger partial charge in [0.15, 0.2) is 0 Å². The molecule has 0 N–H and O–H groups in total. The van der Waals surface area contributed by atoms with E-state index in [4.69, 9.17) is 18.6 Å². The molecule has 1 atom stereocenters. The molecule has 4 rings (SSSR count). The molecule has 3 aliphatic heterocycles. The van der Waals surface area contributed by atoms with Gasteiger partial charge in [0.05, 0.1) is 27.1 Å². The van der Waals surface area contributed by atoms with Gasteiger partial charge in [0.25, 0.3) is 0 Å². The van der Waals surface area contributed by atoms with Gasteiger partial charge < -0.3 is 18.6 Å². The van der Waals surface area contributed by atoms with E-state index in [9.17, 15) is 0 Å². The molecule has 8 heteroatoms. The molecule has 0 amide bonds. The van der Waals surface area contributed by atoms with Crippen LogP contribution in [-0.2, 0) is 23.3 Å².